The summed E-state index contributed by atoms with van der Waals surface area (Å²) in [6.07, 6.45) is 2.42. The van der Waals surface area contributed by atoms with Gasteiger partial charge in [0.05, 0.1) is 0 Å². The fraction of sp³-hybridized carbons (Fsp3) is 0.133. The molecule has 0 unspecified atom stereocenters. The number of nitrogens with zero attached hydrogens (tertiary/aromatic N) is 1. The third-order valence-corrected chi connectivity index (χ3v) is 2.70. The maximum absolute atomic E-state index is 9.35. The first-order valence-corrected chi connectivity index (χ1v) is 5.95. The highest BCUT2D eigenvalue weighted by atomic mass is 16.3. The molecule has 4 nitrogen and oxygen atoms in total. The van der Waals surface area contributed by atoms with Crippen LogP contribution in [-0.2, 0) is 6.42 Å². The molecular weight excluding hydrogens is 242 g/mol. The number of benzene rings is 2. The van der Waals surface area contributed by atoms with E-state index in [2.05, 4.69) is 4.99 Å². The maximum Gasteiger partial charge on any atom is 0.157 e. The van der Waals surface area contributed by atoms with Gasteiger partial charge in [-0.1, -0.05) is 6.07 Å². The lowest BCUT2D eigenvalue weighted by Crippen LogP contribution is -1.90. The molecule has 3 N–H and O–H groups in total. The van der Waals surface area contributed by atoms with Gasteiger partial charge in [0, 0.05) is 12.8 Å². The molecular formula is C15H15NO3. The number of aliphatic imine (C=N–C) groups is 1. The van der Waals surface area contributed by atoms with Crippen molar-refractivity contribution >= 4 is 6.21 Å². The van der Waals surface area contributed by atoms with Crippen LogP contribution in [0.5, 0.6) is 17.2 Å². The first-order chi connectivity index (χ1) is 9.15. The molecule has 0 fully saturated rings. The highest BCUT2D eigenvalue weighted by molar-refractivity contribution is 5.79. The smallest absolute Gasteiger partial charge is 0.157 e. The van der Waals surface area contributed by atoms with Crippen molar-refractivity contribution in [2.45, 2.75) is 6.42 Å². The first kappa shape index (κ1) is 13.0. The second-order valence-corrected chi connectivity index (χ2v) is 4.20. The molecule has 0 aromatic heterocycles. The number of phenols is 3. The highest BCUT2D eigenvalue weighted by Gasteiger charge is 1.99. The molecule has 0 bridgehead atoms. The molecule has 0 heterocycles. The largest absolute Gasteiger partial charge is 0.508 e. The average Bonchev–Trinajstić information content (AvgIpc) is 2.41. The fourth-order valence-corrected chi connectivity index (χ4v) is 1.65. The Morgan fingerprint density at radius 2 is 1.63 bits per heavy atom. The van der Waals surface area contributed by atoms with Crippen molar-refractivity contribution in [3.8, 4) is 17.2 Å². The third-order valence-electron chi connectivity index (χ3n) is 2.70. The lowest BCUT2D eigenvalue weighted by molar-refractivity contribution is 0.403. The summed E-state index contributed by atoms with van der Waals surface area (Å²) < 4.78 is 0. The quantitative estimate of drug-likeness (QED) is 0.582. The van der Waals surface area contributed by atoms with E-state index in [1.54, 1.807) is 36.5 Å². The zero-order valence-electron chi connectivity index (χ0n) is 10.3. The highest BCUT2D eigenvalue weighted by Crippen LogP contribution is 2.24. The Hall–Kier alpha value is -2.49. The third kappa shape index (κ3) is 3.74. The van der Waals surface area contributed by atoms with E-state index in [0.717, 1.165) is 11.1 Å². The van der Waals surface area contributed by atoms with E-state index >= 15 is 0 Å². The van der Waals surface area contributed by atoms with Crippen LogP contribution in [0.4, 0.5) is 0 Å². The molecule has 0 atom stereocenters. The maximum atomic E-state index is 9.35. The summed E-state index contributed by atoms with van der Waals surface area (Å²) in [6, 6.07) is 11.5. The molecule has 2 rings (SSSR count). The Kier molecular flexibility index (Phi) is 4.03. The summed E-state index contributed by atoms with van der Waals surface area (Å²) in [5, 5.41) is 27.7. The summed E-state index contributed by atoms with van der Waals surface area (Å²) in [6.45, 7) is 0.588. The Balaban J connectivity index is 1.89. The van der Waals surface area contributed by atoms with Gasteiger partial charge in [0.1, 0.15) is 5.75 Å². The minimum absolute atomic E-state index is 0.111. The molecule has 0 saturated heterocycles. The molecule has 0 saturated carbocycles. The van der Waals surface area contributed by atoms with Gasteiger partial charge in [-0.3, -0.25) is 4.99 Å². The lowest BCUT2D eigenvalue weighted by Gasteiger charge is -2.01. The molecule has 0 spiro atoms. The standard InChI is InChI=1S/C15H15NO3/c17-13-4-1-12(2-5-13)10-16-8-7-11-3-6-14(18)15(19)9-11/h1-6,9-10,17-19H,7-8H2/b16-10+. The van der Waals surface area contributed by atoms with Crippen molar-refractivity contribution in [2.75, 3.05) is 6.54 Å². The topological polar surface area (TPSA) is 73.1 Å². The van der Waals surface area contributed by atoms with E-state index in [4.69, 9.17) is 5.11 Å². The van der Waals surface area contributed by atoms with E-state index in [1.807, 2.05) is 0 Å². The number of rotatable bonds is 4. The number of hydrogen-bond acceptors (Lipinski definition) is 4. The Bertz CT molecular complexity index is 576. The van der Waals surface area contributed by atoms with E-state index < -0.39 is 0 Å². The van der Waals surface area contributed by atoms with Crippen LogP contribution in [0, 0.1) is 0 Å². The number of phenolic OH excluding ortho intramolecular Hbond substituents is 3. The summed E-state index contributed by atoms with van der Waals surface area (Å²) >= 11 is 0. The fourth-order valence-electron chi connectivity index (χ4n) is 1.65. The monoisotopic (exact) mass is 257 g/mol. The van der Waals surface area contributed by atoms with Crippen molar-refractivity contribution < 1.29 is 15.3 Å². The van der Waals surface area contributed by atoms with Gasteiger partial charge in [-0.25, -0.2) is 0 Å². The van der Waals surface area contributed by atoms with Crippen molar-refractivity contribution in [1.82, 2.24) is 0 Å². The van der Waals surface area contributed by atoms with Gasteiger partial charge in [0.25, 0.3) is 0 Å². The van der Waals surface area contributed by atoms with Crippen LogP contribution in [0.2, 0.25) is 0 Å². The van der Waals surface area contributed by atoms with Gasteiger partial charge >= 0.3 is 0 Å². The molecule has 4 heteroatoms. The molecule has 19 heavy (non-hydrogen) atoms. The van der Waals surface area contributed by atoms with E-state index in [-0.39, 0.29) is 17.2 Å². The second kappa shape index (κ2) is 5.91. The normalized spacial score (nSPS) is 10.9. The minimum Gasteiger partial charge on any atom is -0.508 e. The molecule has 0 aliphatic rings. The first-order valence-electron chi connectivity index (χ1n) is 5.95. The van der Waals surface area contributed by atoms with E-state index in [0.29, 0.717) is 13.0 Å². The zero-order chi connectivity index (χ0) is 13.7. The molecule has 98 valence electrons. The van der Waals surface area contributed by atoms with Gasteiger partial charge < -0.3 is 15.3 Å². The predicted octanol–water partition coefficient (Wildman–Crippen LogP) is 2.47. The Morgan fingerprint density at radius 1 is 0.895 bits per heavy atom. The Morgan fingerprint density at radius 3 is 2.32 bits per heavy atom. The minimum atomic E-state index is -0.114. The van der Waals surface area contributed by atoms with Gasteiger partial charge in [0.15, 0.2) is 11.5 Å². The summed E-state index contributed by atoms with van der Waals surface area (Å²) in [7, 11) is 0. The molecule has 0 radical (unpaired) electrons. The van der Waals surface area contributed by atoms with Crippen LogP contribution in [0.1, 0.15) is 11.1 Å². The van der Waals surface area contributed by atoms with Crippen molar-refractivity contribution in [2.24, 2.45) is 4.99 Å². The van der Waals surface area contributed by atoms with Crippen LogP contribution in [0.25, 0.3) is 0 Å². The van der Waals surface area contributed by atoms with Gasteiger partial charge in [-0.05, 0) is 53.9 Å². The van der Waals surface area contributed by atoms with Crippen LogP contribution in [0.3, 0.4) is 0 Å². The lowest BCUT2D eigenvalue weighted by atomic mass is 10.1. The van der Waals surface area contributed by atoms with E-state index in [1.165, 1.54) is 12.1 Å². The molecule has 0 aliphatic heterocycles. The van der Waals surface area contributed by atoms with Crippen LogP contribution in [-0.4, -0.2) is 28.1 Å². The van der Waals surface area contributed by atoms with Crippen LogP contribution >= 0.6 is 0 Å². The van der Waals surface area contributed by atoms with Gasteiger partial charge in [0.2, 0.25) is 0 Å². The van der Waals surface area contributed by atoms with Gasteiger partial charge in [-0.2, -0.15) is 0 Å². The van der Waals surface area contributed by atoms with Crippen molar-refractivity contribution in [3.05, 3.63) is 53.6 Å². The second-order valence-electron chi connectivity index (χ2n) is 4.20. The van der Waals surface area contributed by atoms with Crippen molar-refractivity contribution in [1.29, 1.82) is 0 Å². The summed E-state index contributed by atoms with van der Waals surface area (Å²) in [4.78, 5) is 4.27. The summed E-state index contributed by atoms with van der Waals surface area (Å²) in [5.74, 6) is 0.00748. The molecule has 0 aliphatic carbocycles. The molecule has 2 aromatic rings. The zero-order valence-corrected chi connectivity index (χ0v) is 10.3. The van der Waals surface area contributed by atoms with Crippen molar-refractivity contribution in [3.63, 3.8) is 0 Å². The Labute approximate surface area is 111 Å². The number of aromatic hydroxyl groups is 3. The molecule has 2 aromatic carbocycles. The van der Waals surface area contributed by atoms with Crippen LogP contribution < -0.4 is 0 Å². The summed E-state index contributed by atoms with van der Waals surface area (Å²) in [5.41, 5.74) is 1.84. The van der Waals surface area contributed by atoms with E-state index in [9.17, 15) is 10.2 Å². The van der Waals surface area contributed by atoms with Gasteiger partial charge in [-0.15, -0.1) is 0 Å². The van der Waals surface area contributed by atoms with Crippen LogP contribution in [0.15, 0.2) is 47.5 Å². The predicted molar refractivity (Wildman–Crippen MR) is 74.0 cm³/mol. The number of hydrogen-bond donors (Lipinski definition) is 3. The average molecular weight is 257 g/mol. The SMILES string of the molecule is Oc1ccc(/C=N/CCc2ccc(O)c(O)c2)cc1. The molecule has 0 amide bonds.